The second-order valence-electron chi connectivity index (χ2n) is 2.60. The maximum absolute atomic E-state index is 10.7. The van der Waals surface area contributed by atoms with Gasteiger partial charge in [-0.15, -0.1) is 0 Å². The van der Waals surface area contributed by atoms with Crippen LogP contribution in [0.25, 0.3) is 0 Å². The molecule has 1 heterocycles. The van der Waals surface area contributed by atoms with E-state index in [4.69, 9.17) is 16.6 Å². The van der Waals surface area contributed by atoms with Crippen molar-refractivity contribution in [3.05, 3.63) is 23.9 Å². The van der Waals surface area contributed by atoms with Crippen LogP contribution in [0, 0.1) is 0 Å². The second kappa shape index (κ2) is 3.86. The Bertz CT molecular complexity index is 314. The van der Waals surface area contributed by atoms with Crippen LogP contribution < -0.4 is 11.5 Å². The predicted octanol–water partition coefficient (Wildman–Crippen LogP) is -0.209. The van der Waals surface area contributed by atoms with Gasteiger partial charge in [0.25, 0.3) is 0 Å². The van der Waals surface area contributed by atoms with Crippen LogP contribution in [0.4, 0.5) is 5.82 Å². The number of carbonyl (C=O) groups is 1. The van der Waals surface area contributed by atoms with Crippen LogP contribution >= 0.6 is 0 Å². The average molecular weight is 181 g/mol. The summed E-state index contributed by atoms with van der Waals surface area (Å²) in [6.07, 6.45) is 1.51. The van der Waals surface area contributed by atoms with E-state index in [-0.39, 0.29) is 12.4 Å². The number of pyridine rings is 1. The van der Waals surface area contributed by atoms with Crippen molar-refractivity contribution in [1.29, 1.82) is 0 Å². The lowest BCUT2D eigenvalue weighted by Gasteiger charge is -2.10. The third kappa shape index (κ3) is 1.94. The van der Waals surface area contributed by atoms with Crippen LogP contribution in [-0.4, -0.2) is 22.6 Å². The van der Waals surface area contributed by atoms with Gasteiger partial charge in [0.15, 0.2) is 0 Å². The standard InChI is InChI=1S/C8H11N3O2/c9-4-6(8(12)13)5-2-1-3-11-7(5)10/h1-3,6H,4,9H2,(H2,10,11)(H,12,13). The van der Waals surface area contributed by atoms with E-state index in [1.165, 1.54) is 6.20 Å². The molecule has 1 unspecified atom stereocenters. The minimum Gasteiger partial charge on any atom is -0.481 e. The minimum absolute atomic E-state index is 0.0191. The highest BCUT2D eigenvalue weighted by Crippen LogP contribution is 2.19. The van der Waals surface area contributed by atoms with Crippen molar-refractivity contribution in [2.45, 2.75) is 5.92 Å². The first-order valence-corrected chi connectivity index (χ1v) is 3.80. The average Bonchev–Trinajstić information content (AvgIpc) is 2.09. The lowest BCUT2D eigenvalue weighted by atomic mass is 10.0. The van der Waals surface area contributed by atoms with E-state index in [2.05, 4.69) is 4.98 Å². The highest BCUT2D eigenvalue weighted by Gasteiger charge is 2.20. The highest BCUT2D eigenvalue weighted by atomic mass is 16.4. The van der Waals surface area contributed by atoms with Crippen LogP contribution in [0.15, 0.2) is 18.3 Å². The molecule has 0 aliphatic heterocycles. The Labute approximate surface area is 75.4 Å². The number of hydrogen-bond acceptors (Lipinski definition) is 4. The summed E-state index contributed by atoms with van der Waals surface area (Å²) in [5, 5.41) is 8.79. The summed E-state index contributed by atoms with van der Waals surface area (Å²) in [4.78, 5) is 14.5. The first kappa shape index (κ1) is 9.47. The van der Waals surface area contributed by atoms with Gasteiger partial charge in [-0.2, -0.15) is 0 Å². The first-order valence-electron chi connectivity index (χ1n) is 3.80. The number of anilines is 1. The Kier molecular flexibility index (Phi) is 2.81. The van der Waals surface area contributed by atoms with Gasteiger partial charge in [-0.3, -0.25) is 4.79 Å². The summed E-state index contributed by atoms with van der Waals surface area (Å²) in [6.45, 7) is 0.0191. The fourth-order valence-corrected chi connectivity index (χ4v) is 1.09. The van der Waals surface area contributed by atoms with E-state index in [0.717, 1.165) is 0 Å². The van der Waals surface area contributed by atoms with Gasteiger partial charge in [0, 0.05) is 18.3 Å². The van der Waals surface area contributed by atoms with E-state index in [9.17, 15) is 4.79 Å². The summed E-state index contributed by atoms with van der Waals surface area (Å²) in [6, 6.07) is 3.26. The molecule has 5 nitrogen and oxygen atoms in total. The van der Waals surface area contributed by atoms with E-state index in [1.54, 1.807) is 12.1 Å². The van der Waals surface area contributed by atoms with Crippen LogP contribution in [0.2, 0.25) is 0 Å². The molecule has 0 aliphatic carbocycles. The van der Waals surface area contributed by atoms with E-state index in [1.807, 2.05) is 0 Å². The largest absolute Gasteiger partial charge is 0.481 e. The van der Waals surface area contributed by atoms with Crippen molar-refractivity contribution in [2.24, 2.45) is 5.73 Å². The van der Waals surface area contributed by atoms with Crippen molar-refractivity contribution >= 4 is 11.8 Å². The van der Waals surface area contributed by atoms with Gasteiger partial charge >= 0.3 is 5.97 Å². The van der Waals surface area contributed by atoms with Crippen LogP contribution in [0.1, 0.15) is 11.5 Å². The Hall–Kier alpha value is -1.62. The molecule has 0 amide bonds. The molecule has 13 heavy (non-hydrogen) atoms. The Morgan fingerprint density at radius 1 is 1.69 bits per heavy atom. The molecule has 0 saturated heterocycles. The number of nitrogen functional groups attached to an aromatic ring is 1. The lowest BCUT2D eigenvalue weighted by molar-refractivity contribution is -0.138. The van der Waals surface area contributed by atoms with Crippen molar-refractivity contribution < 1.29 is 9.90 Å². The fraction of sp³-hybridized carbons (Fsp3) is 0.250. The lowest BCUT2D eigenvalue weighted by Crippen LogP contribution is -2.22. The quantitative estimate of drug-likeness (QED) is 0.598. The third-order valence-corrected chi connectivity index (χ3v) is 1.78. The monoisotopic (exact) mass is 181 g/mol. The zero-order chi connectivity index (χ0) is 9.84. The molecule has 5 heteroatoms. The third-order valence-electron chi connectivity index (χ3n) is 1.78. The molecule has 1 aromatic heterocycles. The maximum Gasteiger partial charge on any atom is 0.312 e. The minimum atomic E-state index is -0.984. The number of hydrogen-bond donors (Lipinski definition) is 3. The van der Waals surface area contributed by atoms with E-state index in [0.29, 0.717) is 5.56 Å². The van der Waals surface area contributed by atoms with Crippen molar-refractivity contribution in [2.75, 3.05) is 12.3 Å². The summed E-state index contributed by atoms with van der Waals surface area (Å²) in [5.41, 5.74) is 11.3. The first-order chi connectivity index (χ1) is 6.16. The van der Waals surface area contributed by atoms with Gasteiger partial charge in [-0.1, -0.05) is 6.07 Å². The normalized spacial score (nSPS) is 12.4. The van der Waals surface area contributed by atoms with Crippen LogP contribution in [0.3, 0.4) is 0 Å². The van der Waals surface area contributed by atoms with E-state index < -0.39 is 11.9 Å². The number of aromatic nitrogens is 1. The predicted molar refractivity (Wildman–Crippen MR) is 48.1 cm³/mol. The molecule has 70 valence electrons. The number of carboxylic acids is 1. The maximum atomic E-state index is 10.7. The molecule has 1 aromatic rings. The van der Waals surface area contributed by atoms with Gasteiger partial charge in [0.2, 0.25) is 0 Å². The van der Waals surface area contributed by atoms with Gasteiger partial charge in [-0.25, -0.2) is 4.98 Å². The number of aliphatic carboxylic acids is 1. The number of nitrogens with two attached hydrogens (primary N) is 2. The second-order valence-corrected chi connectivity index (χ2v) is 2.60. The Morgan fingerprint density at radius 3 is 2.85 bits per heavy atom. The van der Waals surface area contributed by atoms with E-state index >= 15 is 0 Å². The van der Waals surface area contributed by atoms with Crippen LogP contribution in [0.5, 0.6) is 0 Å². The molecule has 0 aliphatic rings. The molecular weight excluding hydrogens is 170 g/mol. The summed E-state index contributed by atoms with van der Waals surface area (Å²) in [5.74, 6) is -1.53. The van der Waals surface area contributed by atoms with Gasteiger partial charge in [-0.05, 0) is 6.07 Å². The zero-order valence-corrected chi connectivity index (χ0v) is 6.97. The van der Waals surface area contributed by atoms with Crippen LogP contribution in [-0.2, 0) is 4.79 Å². The Balaban J connectivity index is 3.04. The molecule has 0 aromatic carbocycles. The molecule has 0 bridgehead atoms. The fourth-order valence-electron chi connectivity index (χ4n) is 1.09. The summed E-state index contributed by atoms with van der Waals surface area (Å²) >= 11 is 0. The molecule has 1 atom stereocenters. The molecule has 0 radical (unpaired) electrons. The highest BCUT2D eigenvalue weighted by molar-refractivity contribution is 5.78. The van der Waals surface area contributed by atoms with Gasteiger partial charge in [0.05, 0.1) is 5.92 Å². The number of carboxylic acid groups (broad SMARTS) is 1. The SMILES string of the molecule is NCC(C(=O)O)c1cccnc1N. The Morgan fingerprint density at radius 2 is 2.38 bits per heavy atom. The summed E-state index contributed by atoms with van der Waals surface area (Å²) in [7, 11) is 0. The molecule has 0 spiro atoms. The van der Waals surface area contributed by atoms with Crippen molar-refractivity contribution in [3.8, 4) is 0 Å². The smallest absolute Gasteiger partial charge is 0.312 e. The van der Waals surface area contributed by atoms with Crippen molar-refractivity contribution in [3.63, 3.8) is 0 Å². The molecule has 5 N–H and O–H groups in total. The number of rotatable bonds is 3. The van der Waals surface area contributed by atoms with Crippen molar-refractivity contribution in [1.82, 2.24) is 4.98 Å². The van der Waals surface area contributed by atoms with Gasteiger partial charge < -0.3 is 16.6 Å². The number of nitrogens with zero attached hydrogens (tertiary/aromatic N) is 1. The molecular formula is C8H11N3O2. The van der Waals surface area contributed by atoms with Gasteiger partial charge in [0.1, 0.15) is 5.82 Å². The summed E-state index contributed by atoms with van der Waals surface area (Å²) < 4.78 is 0. The molecule has 1 rings (SSSR count). The molecule has 0 fully saturated rings. The topological polar surface area (TPSA) is 102 Å². The zero-order valence-electron chi connectivity index (χ0n) is 6.97. The molecule has 0 saturated carbocycles.